The fourth-order valence-corrected chi connectivity index (χ4v) is 3.89. The van der Waals surface area contributed by atoms with Gasteiger partial charge in [-0.05, 0) is 38.4 Å². The maximum atomic E-state index is 12.4. The Hall–Kier alpha value is -1.69. The largest absolute Gasteiger partial charge is 0.379 e. The number of carbonyl (C=O) groups excluding carboxylic acids is 1. The third kappa shape index (κ3) is 6.76. The van der Waals surface area contributed by atoms with Gasteiger partial charge in [-0.3, -0.25) is 14.6 Å². The van der Waals surface area contributed by atoms with E-state index in [9.17, 15) is 4.79 Å². The third-order valence-electron chi connectivity index (χ3n) is 5.47. The van der Waals surface area contributed by atoms with Gasteiger partial charge in [-0.15, -0.1) is 0 Å². The smallest absolute Gasteiger partial charge is 0.223 e. The Morgan fingerprint density at radius 1 is 1.11 bits per heavy atom. The van der Waals surface area contributed by atoms with Crippen molar-refractivity contribution in [1.29, 1.82) is 0 Å². The number of piperidine rings is 1. The number of hydrogen-bond acceptors (Lipinski definition) is 4. The Labute approximate surface area is 163 Å². The molecule has 2 aliphatic heterocycles. The first-order valence-electron chi connectivity index (χ1n) is 10.2. The Morgan fingerprint density at radius 3 is 2.52 bits per heavy atom. The van der Waals surface area contributed by atoms with Crippen LogP contribution >= 0.6 is 0 Å². The van der Waals surface area contributed by atoms with Crippen LogP contribution in [0.15, 0.2) is 35.9 Å². The van der Waals surface area contributed by atoms with Crippen molar-refractivity contribution >= 4 is 12.0 Å². The van der Waals surface area contributed by atoms with Gasteiger partial charge in [0.2, 0.25) is 5.91 Å². The monoisotopic (exact) mass is 371 g/mol. The predicted molar refractivity (Wildman–Crippen MR) is 110 cm³/mol. The number of carbonyl (C=O) groups is 1. The van der Waals surface area contributed by atoms with E-state index in [-0.39, 0.29) is 11.8 Å². The van der Waals surface area contributed by atoms with E-state index in [0.29, 0.717) is 0 Å². The van der Waals surface area contributed by atoms with Crippen LogP contribution in [0.2, 0.25) is 0 Å². The van der Waals surface area contributed by atoms with E-state index in [1.807, 2.05) is 6.07 Å². The van der Waals surface area contributed by atoms with Gasteiger partial charge in [0.1, 0.15) is 0 Å². The minimum absolute atomic E-state index is 0.171. The highest BCUT2D eigenvalue weighted by atomic mass is 16.5. The summed E-state index contributed by atoms with van der Waals surface area (Å²) in [6.45, 7) is 10.4. The lowest BCUT2D eigenvalue weighted by Crippen LogP contribution is -2.44. The van der Waals surface area contributed by atoms with E-state index in [1.54, 1.807) is 0 Å². The molecule has 0 unspecified atom stereocenters. The maximum absolute atomic E-state index is 12.4. The minimum atomic E-state index is 0.171. The first-order chi connectivity index (χ1) is 13.2. The van der Waals surface area contributed by atoms with Crippen molar-refractivity contribution in [3.05, 3.63) is 41.5 Å². The topological polar surface area (TPSA) is 44.8 Å². The van der Waals surface area contributed by atoms with Gasteiger partial charge >= 0.3 is 0 Å². The van der Waals surface area contributed by atoms with Crippen LogP contribution in [-0.4, -0.2) is 74.7 Å². The second kappa shape index (κ2) is 10.6. The van der Waals surface area contributed by atoms with Crippen LogP contribution in [0.5, 0.6) is 0 Å². The minimum Gasteiger partial charge on any atom is -0.379 e. The van der Waals surface area contributed by atoms with E-state index in [4.69, 9.17) is 4.74 Å². The fourth-order valence-electron chi connectivity index (χ4n) is 3.89. The van der Waals surface area contributed by atoms with Gasteiger partial charge in [0, 0.05) is 38.6 Å². The van der Waals surface area contributed by atoms with Crippen molar-refractivity contribution in [2.45, 2.75) is 19.8 Å². The summed E-state index contributed by atoms with van der Waals surface area (Å²) in [5.41, 5.74) is 2.62. The molecule has 0 radical (unpaired) electrons. The van der Waals surface area contributed by atoms with E-state index in [2.05, 4.69) is 52.4 Å². The molecule has 5 nitrogen and oxygen atoms in total. The lowest BCUT2D eigenvalue weighted by Gasteiger charge is -2.32. The summed E-state index contributed by atoms with van der Waals surface area (Å²) in [5.74, 6) is 0.406. The summed E-state index contributed by atoms with van der Waals surface area (Å²) >= 11 is 0. The molecular formula is C22H33N3O2. The molecule has 5 heteroatoms. The first-order valence-corrected chi connectivity index (χ1v) is 10.2. The van der Waals surface area contributed by atoms with E-state index in [1.165, 1.54) is 11.1 Å². The van der Waals surface area contributed by atoms with Crippen molar-refractivity contribution in [1.82, 2.24) is 15.1 Å². The SMILES string of the molecule is C/C(=C\c1ccccc1)CN1CCC(C(=O)NCCN2CCOCC2)CC1. The number of nitrogens with zero attached hydrogens (tertiary/aromatic N) is 2. The summed E-state index contributed by atoms with van der Waals surface area (Å²) in [4.78, 5) is 17.2. The van der Waals surface area contributed by atoms with Crippen LogP contribution in [0.4, 0.5) is 0 Å². The molecule has 1 aromatic rings. The zero-order valence-electron chi connectivity index (χ0n) is 16.5. The molecule has 148 valence electrons. The number of amides is 1. The summed E-state index contributed by atoms with van der Waals surface area (Å²) in [5, 5.41) is 3.14. The maximum Gasteiger partial charge on any atom is 0.223 e. The van der Waals surface area contributed by atoms with Gasteiger partial charge in [0.25, 0.3) is 0 Å². The van der Waals surface area contributed by atoms with Crippen molar-refractivity contribution in [3.8, 4) is 0 Å². The van der Waals surface area contributed by atoms with E-state index in [0.717, 1.165) is 71.9 Å². The first kappa shape index (κ1) is 20.1. The molecular weight excluding hydrogens is 338 g/mol. The molecule has 0 aromatic heterocycles. The highest BCUT2D eigenvalue weighted by Gasteiger charge is 2.24. The Kier molecular flexibility index (Phi) is 7.87. The number of morpholine rings is 1. The van der Waals surface area contributed by atoms with Gasteiger partial charge < -0.3 is 10.1 Å². The zero-order chi connectivity index (χ0) is 18.9. The number of hydrogen-bond donors (Lipinski definition) is 1. The molecule has 1 N–H and O–H groups in total. The van der Waals surface area contributed by atoms with Crippen LogP contribution in [0.25, 0.3) is 6.08 Å². The van der Waals surface area contributed by atoms with Gasteiger partial charge in [0.05, 0.1) is 13.2 Å². The van der Waals surface area contributed by atoms with Crippen molar-refractivity contribution in [2.24, 2.45) is 5.92 Å². The molecule has 3 rings (SSSR count). The number of benzene rings is 1. The number of likely N-dealkylation sites (tertiary alicyclic amines) is 1. The Bertz CT molecular complexity index is 603. The molecule has 0 bridgehead atoms. The van der Waals surface area contributed by atoms with E-state index >= 15 is 0 Å². The second-order valence-electron chi connectivity index (χ2n) is 7.70. The molecule has 0 saturated carbocycles. The molecule has 2 aliphatic rings. The van der Waals surface area contributed by atoms with Crippen LogP contribution in [0.3, 0.4) is 0 Å². The average Bonchev–Trinajstić information content (AvgIpc) is 2.70. The Morgan fingerprint density at radius 2 is 1.81 bits per heavy atom. The van der Waals surface area contributed by atoms with Crippen LogP contribution in [-0.2, 0) is 9.53 Å². The van der Waals surface area contributed by atoms with Crippen molar-refractivity contribution in [3.63, 3.8) is 0 Å². The molecule has 2 saturated heterocycles. The van der Waals surface area contributed by atoms with Gasteiger partial charge in [-0.2, -0.15) is 0 Å². The van der Waals surface area contributed by atoms with Crippen LogP contribution in [0.1, 0.15) is 25.3 Å². The second-order valence-corrected chi connectivity index (χ2v) is 7.70. The standard InChI is InChI=1S/C22H33N3O2/c1-19(17-20-5-3-2-4-6-20)18-25-10-7-21(8-11-25)22(26)23-9-12-24-13-15-27-16-14-24/h2-6,17,21H,7-16,18H2,1H3,(H,23,26)/b19-17+. The summed E-state index contributed by atoms with van der Waals surface area (Å²) in [6, 6.07) is 10.5. The predicted octanol–water partition coefficient (Wildman–Crippen LogP) is 2.25. The lowest BCUT2D eigenvalue weighted by molar-refractivity contribution is -0.126. The third-order valence-corrected chi connectivity index (χ3v) is 5.47. The fraction of sp³-hybridized carbons (Fsp3) is 0.591. The number of rotatable bonds is 7. The molecule has 0 aliphatic carbocycles. The summed E-state index contributed by atoms with van der Waals surface area (Å²) < 4.78 is 5.36. The van der Waals surface area contributed by atoms with Gasteiger partial charge in [0.15, 0.2) is 0 Å². The van der Waals surface area contributed by atoms with Gasteiger partial charge in [-0.25, -0.2) is 0 Å². The van der Waals surface area contributed by atoms with E-state index < -0.39 is 0 Å². The molecule has 1 aromatic carbocycles. The molecule has 0 atom stereocenters. The molecule has 2 heterocycles. The van der Waals surface area contributed by atoms with Crippen LogP contribution < -0.4 is 5.32 Å². The average molecular weight is 372 g/mol. The molecule has 1 amide bonds. The van der Waals surface area contributed by atoms with Crippen LogP contribution in [0, 0.1) is 5.92 Å². The Balaban J connectivity index is 1.34. The quantitative estimate of drug-likeness (QED) is 0.799. The number of nitrogens with one attached hydrogen (secondary N) is 1. The highest BCUT2D eigenvalue weighted by molar-refractivity contribution is 5.78. The summed E-state index contributed by atoms with van der Waals surface area (Å²) in [6.07, 6.45) is 4.18. The van der Waals surface area contributed by atoms with Crippen molar-refractivity contribution in [2.75, 3.05) is 59.0 Å². The van der Waals surface area contributed by atoms with Gasteiger partial charge in [-0.1, -0.05) is 42.0 Å². The highest BCUT2D eigenvalue weighted by Crippen LogP contribution is 2.19. The molecule has 27 heavy (non-hydrogen) atoms. The normalized spacial score (nSPS) is 20.6. The summed E-state index contributed by atoms with van der Waals surface area (Å²) in [7, 11) is 0. The lowest BCUT2D eigenvalue weighted by atomic mass is 9.95. The zero-order valence-corrected chi connectivity index (χ0v) is 16.5. The molecule has 0 spiro atoms. The molecule has 2 fully saturated rings. The van der Waals surface area contributed by atoms with Crippen molar-refractivity contribution < 1.29 is 9.53 Å². The number of ether oxygens (including phenoxy) is 1.